The van der Waals surface area contributed by atoms with Crippen LogP contribution in [-0.2, 0) is 11.2 Å². The molecule has 2 N–H and O–H groups in total. The maximum absolute atomic E-state index is 12.7. The van der Waals surface area contributed by atoms with Crippen LogP contribution in [0.4, 0.5) is 5.82 Å². The van der Waals surface area contributed by atoms with Crippen LogP contribution in [0.15, 0.2) is 54.7 Å². The number of anilines is 1. The first-order valence-corrected chi connectivity index (χ1v) is 11.4. The predicted octanol–water partition coefficient (Wildman–Crippen LogP) is 5.68. The normalized spacial score (nSPS) is 14.4. The van der Waals surface area contributed by atoms with Gasteiger partial charge in [-0.05, 0) is 77.4 Å². The molecule has 4 rings (SSSR count). The van der Waals surface area contributed by atoms with Crippen molar-refractivity contribution in [3.8, 4) is 17.0 Å². The highest BCUT2D eigenvalue weighted by atomic mass is 127. The molecule has 1 heterocycles. The molecule has 1 saturated carbocycles. The molecule has 0 radical (unpaired) electrons. The predicted molar refractivity (Wildman–Crippen MR) is 126 cm³/mol. The molecule has 1 aliphatic rings. The zero-order chi connectivity index (χ0) is 20.9. The third-order valence-electron chi connectivity index (χ3n) is 5.49. The van der Waals surface area contributed by atoms with Gasteiger partial charge in [-0.25, -0.2) is 9.97 Å². The van der Waals surface area contributed by atoms with E-state index < -0.39 is 0 Å². The molecule has 30 heavy (non-hydrogen) atoms. The fourth-order valence-corrected chi connectivity index (χ4v) is 4.26. The summed E-state index contributed by atoms with van der Waals surface area (Å²) in [4.78, 5) is 22.2. The Labute approximate surface area is 190 Å². The average molecular weight is 513 g/mol. The van der Waals surface area contributed by atoms with E-state index in [2.05, 4.69) is 32.9 Å². The Bertz CT molecular complexity index is 1010. The van der Waals surface area contributed by atoms with Crippen molar-refractivity contribution < 1.29 is 9.90 Å². The van der Waals surface area contributed by atoms with Crippen molar-refractivity contribution in [2.24, 2.45) is 0 Å². The molecule has 6 heteroatoms. The fourth-order valence-electron chi connectivity index (χ4n) is 3.90. The van der Waals surface area contributed by atoms with Gasteiger partial charge in [-0.3, -0.25) is 4.79 Å². The summed E-state index contributed by atoms with van der Waals surface area (Å²) in [5, 5.41) is 12.6. The molecule has 0 saturated heterocycles. The molecule has 154 valence electrons. The highest BCUT2D eigenvalue weighted by Crippen LogP contribution is 2.35. The number of carbonyl (C=O) groups excluding carboxylic acids is 1. The van der Waals surface area contributed by atoms with Crippen molar-refractivity contribution in [1.82, 2.24) is 9.97 Å². The first kappa shape index (κ1) is 20.8. The van der Waals surface area contributed by atoms with Gasteiger partial charge in [0, 0.05) is 15.1 Å². The van der Waals surface area contributed by atoms with E-state index in [4.69, 9.17) is 4.98 Å². The minimum Gasteiger partial charge on any atom is -0.508 e. The summed E-state index contributed by atoms with van der Waals surface area (Å²) in [5.74, 6) is 1.01. The summed E-state index contributed by atoms with van der Waals surface area (Å²) in [6, 6.07) is 14.9. The Kier molecular flexibility index (Phi) is 6.62. The van der Waals surface area contributed by atoms with Gasteiger partial charge in [0.1, 0.15) is 5.75 Å². The second kappa shape index (κ2) is 9.55. The lowest BCUT2D eigenvalue weighted by atomic mass is 9.86. The number of carbonyl (C=O) groups is 1. The summed E-state index contributed by atoms with van der Waals surface area (Å²) >= 11 is 2.25. The SMILES string of the molecule is O=C(Cc1ccc(I)cc1)Nc1ncc(-c2ccc(O)cc2)nc1C1CCCCC1. The average Bonchev–Trinajstić information content (AvgIpc) is 2.77. The van der Waals surface area contributed by atoms with Crippen LogP contribution in [0.5, 0.6) is 5.75 Å². The Balaban J connectivity index is 1.59. The summed E-state index contributed by atoms with van der Waals surface area (Å²) in [6.07, 6.45) is 7.72. The minimum atomic E-state index is -0.0834. The van der Waals surface area contributed by atoms with Crippen molar-refractivity contribution in [3.63, 3.8) is 0 Å². The third-order valence-corrected chi connectivity index (χ3v) is 6.21. The maximum atomic E-state index is 12.7. The van der Waals surface area contributed by atoms with E-state index in [1.165, 1.54) is 19.3 Å². The molecular formula is C24H24IN3O2. The zero-order valence-corrected chi connectivity index (χ0v) is 18.8. The number of phenolic OH excluding ortho intramolecular Hbond substituents is 1. The molecule has 0 aliphatic heterocycles. The fraction of sp³-hybridized carbons (Fsp3) is 0.292. The van der Waals surface area contributed by atoms with Gasteiger partial charge < -0.3 is 10.4 Å². The van der Waals surface area contributed by atoms with Crippen LogP contribution >= 0.6 is 22.6 Å². The molecule has 1 amide bonds. The van der Waals surface area contributed by atoms with Gasteiger partial charge in [-0.1, -0.05) is 31.4 Å². The molecule has 2 aromatic carbocycles. The van der Waals surface area contributed by atoms with Gasteiger partial charge >= 0.3 is 0 Å². The molecule has 1 aliphatic carbocycles. The van der Waals surface area contributed by atoms with Crippen molar-refractivity contribution >= 4 is 34.3 Å². The number of amides is 1. The van der Waals surface area contributed by atoms with Crippen LogP contribution in [0.3, 0.4) is 0 Å². The van der Waals surface area contributed by atoms with Crippen molar-refractivity contribution in [1.29, 1.82) is 0 Å². The molecule has 1 fully saturated rings. The first-order valence-electron chi connectivity index (χ1n) is 10.3. The lowest BCUT2D eigenvalue weighted by Crippen LogP contribution is -2.19. The van der Waals surface area contributed by atoms with E-state index in [-0.39, 0.29) is 11.7 Å². The van der Waals surface area contributed by atoms with Gasteiger partial charge in [0.25, 0.3) is 0 Å². The number of aromatic hydroxyl groups is 1. The number of hydrogen-bond donors (Lipinski definition) is 2. The number of benzene rings is 2. The van der Waals surface area contributed by atoms with Gasteiger partial charge in [0.05, 0.1) is 24.0 Å². The number of aromatic nitrogens is 2. The van der Waals surface area contributed by atoms with E-state index in [9.17, 15) is 9.90 Å². The lowest BCUT2D eigenvalue weighted by Gasteiger charge is -2.23. The zero-order valence-electron chi connectivity index (χ0n) is 16.6. The Morgan fingerprint density at radius 3 is 2.43 bits per heavy atom. The summed E-state index contributed by atoms with van der Waals surface area (Å²) in [6.45, 7) is 0. The summed E-state index contributed by atoms with van der Waals surface area (Å²) < 4.78 is 1.15. The third kappa shape index (κ3) is 5.16. The molecule has 0 spiro atoms. The minimum absolute atomic E-state index is 0.0834. The van der Waals surface area contributed by atoms with Gasteiger partial charge in [-0.2, -0.15) is 0 Å². The number of nitrogens with one attached hydrogen (secondary N) is 1. The standard InChI is InChI=1S/C24H24IN3O2/c25-19-10-6-16(7-11-19)14-22(30)28-24-23(18-4-2-1-3-5-18)27-21(15-26-24)17-8-12-20(29)13-9-17/h6-13,15,18,29H,1-5,14H2,(H,26,28,30). The molecule has 0 unspecified atom stereocenters. The largest absolute Gasteiger partial charge is 0.508 e. The van der Waals surface area contributed by atoms with E-state index >= 15 is 0 Å². The van der Waals surface area contributed by atoms with E-state index in [0.717, 1.165) is 38.9 Å². The van der Waals surface area contributed by atoms with Crippen molar-refractivity contribution in [3.05, 3.63) is 69.6 Å². The topological polar surface area (TPSA) is 75.1 Å². The van der Waals surface area contributed by atoms with E-state index in [0.29, 0.717) is 18.2 Å². The van der Waals surface area contributed by atoms with Gasteiger partial charge in [-0.15, -0.1) is 0 Å². The first-order chi connectivity index (χ1) is 14.6. The molecule has 3 aromatic rings. The number of rotatable bonds is 5. The molecule has 0 bridgehead atoms. The molecule has 5 nitrogen and oxygen atoms in total. The monoisotopic (exact) mass is 513 g/mol. The number of phenols is 1. The summed E-state index contributed by atoms with van der Waals surface area (Å²) in [5.41, 5.74) is 3.50. The van der Waals surface area contributed by atoms with Crippen LogP contribution < -0.4 is 5.32 Å². The number of halogens is 1. The highest BCUT2D eigenvalue weighted by Gasteiger charge is 2.23. The maximum Gasteiger partial charge on any atom is 0.229 e. The van der Waals surface area contributed by atoms with Crippen LogP contribution in [0, 0.1) is 3.57 Å². The van der Waals surface area contributed by atoms with Crippen LogP contribution in [-0.4, -0.2) is 21.0 Å². The second-order valence-electron chi connectivity index (χ2n) is 7.72. The van der Waals surface area contributed by atoms with Crippen LogP contribution in [0.2, 0.25) is 0 Å². The Morgan fingerprint density at radius 1 is 1.03 bits per heavy atom. The Hall–Kier alpha value is -2.48. The smallest absolute Gasteiger partial charge is 0.229 e. The van der Waals surface area contributed by atoms with Gasteiger partial charge in [0.15, 0.2) is 5.82 Å². The molecule has 1 aromatic heterocycles. The lowest BCUT2D eigenvalue weighted by molar-refractivity contribution is -0.115. The van der Waals surface area contributed by atoms with Crippen molar-refractivity contribution in [2.45, 2.75) is 44.4 Å². The summed E-state index contributed by atoms with van der Waals surface area (Å²) in [7, 11) is 0. The highest BCUT2D eigenvalue weighted by molar-refractivity contribution is 14.1. The number of nitrogens with zero attached hydrogens (tertiary/aromatic N) is 2. The molecular weight excluding hydrogens is 489 g/mol. The van der Waals surface area contributed by atoms with Crippen molar-refractivity contribution in [2.75, 3.05) is 5.32 Å². The second-order valence-corrected chi connectivity index (χ2v) is 8.97. The van der Waals surface area contributed by atoms with Crippen LogP contribution in [0.1, 0.15) is 49.3 Å². The van der Waals surface area contributed by atoms with Crippen LogP contribution in [0.25, 0.3) is 11.3 Å². The van der Waals surface area contributed by atoms with E-state index in [1.54, 1.807) is 18.3 Å². The Morgan fingerprint density at radius 2 is 1.73 bits per heavy atom. The number of hydrogen-bond acceptors (Lipinski definition) is 4. The quantitative estimate of drug-likeness (QED) is 0.431. The van der Waals surface area contributed by atoms with E-state index in [1.807, 2.05) is 36.4 Å². The van der Waals surface area contributed by atoms with Gasteiger partial charge in [0.2, 0.25) is 5.91 Å². The molecule has 0 atom stereocenters.